The maximum Gasteiger partial charge on any atom is 0.296 e. The van der Waals surface area contributed by atoms with Gasteiger partial charge in [-0.25, -0.2) is 0 Å². The molecular weight excluding hydrogens is 312 g/mol. The van der Waals surface area contributed by atoms with Gasteiger partial charge in [-0.2, -0.15) is 8.42 Å². The molecule has 0 saturated heterocycles. The minimum absolute atomic E-state index is 0.169. The van der Waals surface area contributed by atoms with E-state index in [9.17, 15) is 13.5 Å². The van der Waals surface area contributed by atoms with E-state index in [0.717, 1.165) is 12.0 Å². The highest BCUT2D eigenvalue weighted by Crippen LogP contribution is 2.22. The predicted molar refractivity (Wildman–Crippen MR) is 92.7 cm³/mol. The number of aryl methyl sites for hydroxylation is 1. The molecular formula is C18H30O4S. The van der Waals surface area contributed by atoms with E-state index in [2.05, 4.69) is 6.92 Å². The van der Waals surface area contributed by atoms with Crippen LogP contribution >= 0.6 is 0 Å². The summed E-state index contributed by atoms with van der Waals surface area (Å²) in [6.45, 7) is 10.2. The van der Waals surface area contributed by atoms with Crippen molar-refractivity contribution in [3.05, 3.63) is 29.8 Å². The van der Waals surface area contributed by atoms with Gasteiger partial charge >= 0.3 is 0 Å². The van der Waals surface area contributed by atoms with Crippen molar-refractivity contribution in [3.63, 3.8) is 0 Å². The lowest BCUT2D eigenvalue weighted by molar-refractivity contribution is 0.0600. The smallest absolute Gasteiger partial charge is 0.296 e. The number of rotatable bonds is 9. The molecule has 0 heterocycles. The third-order valence-corrected chi connectivity index (χ3v) is 5.53. The van der Waals surface area contributed by atoms with E-state index < -0.39 is 10.1 Å². The van der Waals surface area contributed by atoms with Crippen LogP contribution in [0.3, 0.4) is 0 Å². The molecule has 1 N–H and O–H groups in total. The van der Waals surface area contributed by atoms with Gasteiger partial charge in [0.1, 0.15) is 0 Å². The van der Waals surface area contributed by atoms with Crippen LogP contribution in [0.25, 0.3) is 0 Å². The van der Waals surface area contributed by atoms with Gasteiger partial charge in [-0.15, -0.1) is 0 Å². The molecule has 0 aliphatic rings. The van der Waals surface area contributed by atoms with Crippen LogP contribution in [0.15, 0.2) is 29.2 Å². The van der Waals surface area contributed by atoms with E-state index in [-0.39, 0.29) is 29.4 Å². The van der Waals surface area contributed by atoms with Crippen molar-refractivity contribution in [1.82, 2.24) is 0 Å². The molecule has 0 aromatic heterocycles. The van der Waals surface area contributed by atoms with E-state index in [1.165, 1.54) is 0 Å². The monoisotopic (exact) mass is 342 g/mol. The van der Waals surface area contributed by atoms with Crippen LogP contribution in [0.2, 0.25) is 0 Å². The Morgan fingerprint density at radius 1 is 1.09 bits per heavy atom. The number of hydrogen-bond donors (Lipinski definition) is 1. The fourth-order valence-electron chi connectivity index (χ4n) is 2.68. The zero-order valence-corrected chi connectivity index (χ0v) is 15.6. The molecule has 3 atom stereocenters. The van der Waals surface area contributed by atoms with Crippen molar-refractivity contribution in [1.29, 1.82) is 0 Å². The molecule has 0 unspecified atom stereocenters. The summed E-state index contributed by atoms with van der Waals surface area (Å²) < 4.78 is 29.3. The Labute approximate surface area is 141 Å². The lowest BCUT2D eigenvalue weighted by Gasteiger charge is -2.24. The minimum Gasteiger partial charge on any atom is -0.393 e. The van der Waals surface area contributed by atoms with Gasteiger partial charge in [-0.05, 0) is 49.7 Å². The highest BCUT2D eigenvalue weighted by atomic mass is 32.2. The number of aliphatic hydroxyl groups is 1. The Balaban J connectivity index is 2.45. The standard InChI is InChI=1S/C18H30O4S/c1-13(2)18(19)16(5)12-15(4)10-11-22-23(20,21)17-8-6-14(3)7-9-17/h6-9,13,15-16,18-19H,10-12H2,1-5H3/t15-,16+,18+/m0/s1. The topological polar surface area (TPSA) is 63.6 Å². The molecule has 0 aliphatic carbocycles. The second-order valence-corrected chi connectivity index (χ2v) is 8.55. The van der Waals surface area contributed by atoms with Crippen molar-refractivity contribution < 1.29 is 17.7 Å². The Bertz CT molecular complexity index is 563. The first-order valence-electron chi connectivity index (χ1n) is 8.27. The molecule has 23 heavy (non-hydrogen) atoms. The molecule has 4 nitrogen and oxygen atoms in total. The number of aliphatic hydroxyl groups excluding tert-OH is 1. The quantitative estimate of drug-likeness (QED) is 0.694. The molecule has 0 spiro atoms. The zero-order valence-electron chi connectivity index (χ0n) is 14.8. The summed E-state index contributed by atoms with van der Waals surface area (Å²) in [6.07, 6.45) is 1.18. The fourth-order valence-corrected chi connectivity index (χ4v) is 3.60. The van der Waals surface area contributed by atoms with Crippen LogP contribution in [0.4, 0.5) is 0 Å². The Morgan fingerprint density at radius 3 is 2.17 bits per heavy atom. The van der Waals surface area contributed by atoms with Gasteiger partial charge in [0.2, 0.25) is 0 Å². The highest BCUT2D eigenvalue weighted by molar-refractivity contribution is 7.86. The molecule has 132 valence electrons. The summed E-state index contributed by atoms with van der Waals surface area (Å²) in [5.41, 5.74) is 1.01. The SMILES string of the molecule is Cc1ccc(S(=O)(=O)OCC[C@H](C)C[C@@H](C)[C@H](O)C(C)C)cc1. The van der Waals surface area contributed by atoms with E-state index in [0.29, 0.717) is 12.3 Å². The van der Waals surface area contributed by atoms with Crippen molar-refractivity contribution in [3.8, 4) is 0 Å². The molecule has 0 aliphatic heterocycles. The van der Waals surface area contributed by atoms with Gasteiger partial charge in [-0.3, -0.25) is 4.18 Å². The Hall–Kier alpha value is -0.910. The first kappa shape index (κ1) is 20.1. The maximum absolute atomic E-state index is 12.1. The molecule has 1 rings (SSSR count). The van der Waals surface area contributed by atoms with E-state index in [4.69, 9.17) is 4.18 Å². The fraction of sp³-hybridized carbons (Fsp3) is 0.667. The van der Waals surface area contributed by atoms with Crippen LogP contribution in [0, 0.1) is 24.7 Å². The molecule has 1 aromatic rings. The van der Waals surface area contributed by atoms with Crippen LogP contribution in [-0.4, -0.2) is 26.2 Å². The summed E-state index contributed by atoms with van der Waals surface area (Å²) in [7, 11) is -3.68. The van der Waals surface area contributed by atoms with Gasteiger partial charge in [0, 0.05) is 0 Å². The second kappa shape index (κ2) is 8.81. The van der Waals surface area contributed by atoms with E-state index in [1.807, 2.05) is 27.7 Å². The maximum atomic E-state index is 12.1. The third kappa shape index (κ3) is 6.61. The molecule has 0 amide bonds. The summed E-state index contributed by atoms with van der Waals surface area (Å²) >= 11 is 0. The summed E-state index contributed by atoms with van der Waals surface area (Å²) in [5, 5.41) is 10.0. The van der Waals surface area contributed by atoms with Crippen LogP contribution in [0.5, 0.6) is 0 Å². The predicted octanol–water partition coefficient (Wildman–Crippen LogP) is 3.77. The lowest BCUT2D eigenvalue weighted by Crippen LogP contribution is -2.25. The molecule has 5 heteroatoms. The Kier molecular flexibility index (Phi) is 7.71. The normalized spacial score (nSPS) is 16.3. The van der Waals surface area contributed by atoms with Gasteiger partial charge in [-0.1, -0.05) is 45.4 Å². The molecule has 0 radical (unpaired) electrons. The van der Waals surface area contributed by atoms with Crippen LogP contribution in [-0.2, 0) is 14.3 Å². The molecule has 0 fully saturated rings. The lowest BCUT2D eigenvalue weighted by atomic mass is 9.86. The molecule has 0 saturated carbocycles. The van der Waals surface area contributed by atoms with Crippen molar-refractivity contribution in [2.24, 2.45) is 17.8 Å². The van der Waals surface area contributed by atoms with Crippen LogP contribution in [0.1, 0.15) is 46.1 Å². The molecule has 1 aromatic carbocycles. The summed E-state index contributed by atoms with van der Waals surface area (Å²) in [6, 6.07) is 6.64. The summed E-state index contributed by atoms with van der Waals surface area (Å²) in [4.78, 5) is 0.194. The van der Waals surface area contributed by atoms with Crippen molar-refractivity contribution >= 4 is 10.1 Å². The van der Waals surface area contributed by atoms with Crippen molar-refractivity contribution in [2.45, 2.75) is 58.5 Å². The zero-order chi connectivity index (χ0) is 17.6. The minimum atomic E-state index is -3.68. The third-order valence-electron chi connectivity index (χ3n) is 4.20. The highest BCUT2D eigenvalue weighted by Gasteiger charge is 2.21. The second-order valence-electron chi connectivity index (χ2n) is 6.93. The average molecular weight is 343 g/mol. The number of benzene rings is 1. The van der Waals surface area contributed by atoms with Crippen LogP contribution < -0.4 is 0 Å². The van der Waals surface area contributed by atoms with Gasteiger partial charge in [0.25, 0.3) is 10.1 Å². The molecule has 0 bridgehead atoms. The first-order chi connectivity index (χ1) is 10.6. The van der Waals surface area contributed by atoms with Gasteiger partial charge in [0.15, 0.2) is 0 Å². The summed E-state index contributed by atoms with van der Waals surface area (Å²) in [5.74, 6) is 0.723. The van der Waals surface area contributed by atoms with Gasteiger partial charge in [0.05, 0.1) is 17.6 Å². The first-order valence-corrected chi connectivity index (χ1v) is 9.68. The average Bonchev–Trinajstić information content (AvgIpc) is 2.46. The Morgan fingerprint density at radius 2 is 1.65 bits per heavy atom. The number of hydrogen-bond acceptors (Lipinski definition) is 4. The largest absolute Gasteiger partial charge is 0.393 e. The van der Waals surface area contributed by atoms with E-state index in [1.54, 1.807) is 24.3 Å². The van der Waals surface area contributed by atoms with E-state index >= 15 is 0 Å². The van der Waals surface area contributed by atoms with Crippen molar-refractivity contribution in [2.75, 3.05) is 6.61 Å². The van der Waals surface area contributed by atoms with Gasteiger partial charge < -0.3 is 5.11 Å².